The molecule has 0 bridgehead atoms. The van der Waals surface area contributed by atoms with Crippen LogP contribution in [0, 0.1) is 5.82 Å². The van der Waals surface area contributed by atoms with E-state index in [9.17, 15) is 19.1 Å². The molecule has 1 fully saturated rings. The molecular weight excluding hydrogens is 421 g/mol. The zero-order chi connectivity index (χ0) is 23.4. The van der Waals surface area contributed by atoms with Crippen LogP contribution in [0.5, 0.6) is 5.75 Å². The van der Waals surface area contributed by atoms with Crippen LogP contribution >= 0.6 is 0 Å². The van der Waals surface area contributed by atoms with Crippen molar-refractivity contribution in [1.82, 2.24) is 4.90 Å². The van der Waals surface area contributed by atoms with Gasteiger partial charge in [0, 0.05) is 12.1 Å². The topological polar surface area (TPSA) is 66.8 Å². The first kappa shape index (κ1) is 22.3. The maximum Gasteiger partial charge on any atom is 0.295 e. The predicted octanol–water partition coefficient (Wildman–Crippen LogP) is 4.89. The smallest absolute Gasteiger partial charge is 0.295 e. The number of carbonyl (C=O) groups excluding carboxylic acids is 2. The first-order valence-corrected chi connectivity index (χ1v) is 10.8. The van der Waals surface area contributed by atoms with Gasteiger partial charge in [-0.25, -0.2) is 4.39 Å². The Labute approximate surface area is 191 Å². The first-order valence-electron chi connectivity index (χ1n) is 10.8. The Morgan fingerprint density at radius 1 is 0.970 bits per heavy atom. The molecule has 0 spiro atoms. The average Bonchev–Trinajstić information content (AvgIpc) is 3.09. The van der Waals surface area contributed by atoms with Crippen LogP contribution in [-0.2, 0) is 16.0 Å². The summed E-state index contributed by atoms with van der Waals surface area (Å²) >= 11 is 0. The Kier molecular flexibility index (Phi) is 6.54. The van der Waals surface area contributed by atoms with Crippen molar-refractivity contribution >= 4 is 17.4 Å². The molecule has 5 nitrogen and oxygen atoms in total. The summed E-state index contributed by atoms with van der Waals surface area (Å²) in [5, 5.41) is 11.0. The van der Waals surface area contributed by atoms with E-state index in [1.165, 1.54) is 29.2 Å². The number of hydrogen-bond acceptors (Lipinski definition) is 4. The minimum atomic E-state index is -0.769. The first-order chi connectivity index (χ1) is 16.0. The van der Waals surface area contributed by atoms with Crippen LogP contribution in [-0.4, -0.2) is 34.8 Å². The molecule has 168 valence electrons. The summed E-state index contributed by atoms with van der Waals surface area (Å²) < 4.78 is 18.9. The lowest BCUT2D eigenvalue weighted by atomic mass is 9.95. The van der Waals surface area contributed by atoms with E-state index in [1.807, 2.05) is 37.3 Å². The minimum Gasteiger partial charge on any atom is -0.507 e. The normalized spacial score (nSPS) is 17.4. The summed E-state index contributed by atoms with van der Waals surface area (Å²) in [5.41, 5.74) is 1.97. The fourth-order valence-corrected chi connectivity index (χ4v) is 4.03. The maximum absolute atomic E-state index is 13.4. The minimum absolute atomic E-state index is 0.0103. The molecule has 3 aromatic carbocycles. The summed E-state index contributed by atoms with van der Waals surface area (Å²) in [6.45, 7) is 2.70. The van der Waals surface area contributed by atoms with Gasteiger partial charge in [-0.3, -0.25) is 9.59 Å². The molecule has 33 heavy (non-hydrogen) atoms. The highest BCUT2D eigenvalue weighted by Gasteiger charge is 2.45. The molecule has 0 aliphatic carbocycles. The van der Waals surface area contributed by atoms with Gasteiger partial charge in [-0.2, -0.15) is 0 Å². The number of rotatable bonds is 7. The van der Waals surface area contributed by atoms with E-state index in [1.54, 1.807) is 24.3 Å². The number of halogens is 1. The van der Waals surface area contributed by atoms with Crippen LogP contribution in [0.4, 0.5) is 4.39 Å². The fraction of sp³-hybridized carbons (Fsp3) is 0.185. The number of ether oxygens (including phenoxy) is 1. The molecule has 6 heteroatoms. The fourth-order valence-electron chi connectivity index (χ4n) is 4.03. The van der Waals surface area contributed by atoms with Gasteiger partial charge >= 0.3 is 0 Å². The molecular formula is C27H24FNO4. The second kappa shape index (κ2) is 9.69. The molecule has 3 aromatic rings. The van der Waals surface area contributed by atoms with Gasteiger partial charge in [-0.1, -0.05) is 42.5 Å². The van der Waals surface area contributed by atoms with Gasteiger partial charge in [0.05, 0.1) is 18.2 Å². The molecule has 4 rings (SSSR count). The SMILES string of the molecule is CCOc1ccc(C2C(=C(O)c3ccc(F)cc3)C(=O)C(=O)N2CCc2ccccc2)cc1. The Morgan fingerprint density at radius 2 is 1.64 bits per heavy atom. The van der Waals surface area contributed by atoms with Crippen molar-refractivity contribution in [3.05, 3.63) is 107 Å². The van der Waals surface area contributed by atoms with Crippen molar-refractivity contribution in [3.8, 4) is 5.75 Å². The van der Waals surface area contributed by atoms with Gasteiger partial charge in [0.2, 0.25) is 0 Å². The highest BCUT2D eigenvalue weighted by molar-refractivity contribution is 6.46. The zero-order valence-corrected chi connectivity index (χ0v) is 18.2. The molecule has 1 heterocycles. The third kappa shape index (κ3) is 4.65. The molecule has 1 saturated heterocycles. The van der Waals surface area contributed by atoms with Gasteiger partial charge in [-0.05, 0) is 60.9 Å². The van der Waals surface area contributed by atoms with E-state index < -0.39 is 23.5 Å². The van der Waals surface area contributed by atoms with E-state index in [-0.39, 0.29) is 16.9 Å². The number of likely N-dealkylation sites (tertiary alicyclic amines) is 1. The standard InChI is InChI=1S/C27H24FNO4/c1-2-33-22-14-10-19(11-15-22)24-23(25(30)20-8-12-21(28)13-9-20)26(31)27(32)29(24)17-16-18-6-4-3-5-7-18/h3-15,24,30H,2,16-17H2,1H3. The van der Waals surface area contributed by atoms with E-state index in [0.29, 0.717) is 30.9 Å². The van der Waals surface area contributed by atoms with Gasteiger partial charge in [-0.15, -0.1) is 0 Å². The predicted molar refractivity (Wildman–Crippen MR) is 123 cm³/mol. The number of Topliss-reactive ketones (excluding diaryl/α,β-unsaturated/α-hetero) is 1. The van der Waals surface area contributed by atoms with Crippen molar-refractivity contribution in [3.63, 3.8) is 0 Å². The number of ketones is 1. The number of benzene rings is 3. The van der Waals surface area contributed by atoms with Crippen molar-refractivity contribution < 1.29 is 23.8 Å². The Bertz CT molecular complexity index is 1170. The van der Waals surface area contributed by atoms with Crippen LogP contribution in [0.1, 0.15) is 29.7 Å². The van der Waals surface area contributed by atoms with Crippen molar-refractivity contribution in [2.75, 3.05) is 13.2 Å². The van der Waals surface area contributed by atoms with E-state index in [2.05, 4.69) is 0 Å². The molecule has 1 aliphatic heterocycles. The maximum atomic E-state index is 13.4. The number of aliphatic hydroxyl groups is 1. The molecule has 1 unspecified atom stereocenters. The van der Waals surface area contributed by atoms with Crippen LogP contribution in [0.25, 0.3) is 5.76 Å². The molecule has 1 N–H and O–H groups in total. The lowest BCUT2D eigenvalue weighted by Crippen LogP contribution is -2.31. The van der Waals surface area contributed by atoms with Gasteiger partial charge in [0.1, 0.15) is 17.3 Å². The Morgan fingerprint density at radius 3 is 2.27 bits per heavy atom. The summed E-state index contributed by atoms with van der Waals surface area (Å²) in [6, 6.07) is 21.2. The third-order valence-corrected chi connectivity index (χ3v) is 5.65. The Hall–Kier alpha value is -3.93. The van der Waals surface area contributed by atoms with Crippen molar-refractivity contribution in [2.45, 2.75) is 19.4 Å². The number of hydrogen-bond donors (Lipinski definition) is 1. The molecule has 1 atom stereocenters. The number of carbonyl (C=O) groups is 2. The molecule has 1 amide bonds. The second-order valence-corrected chi connectivity index (χ2v) is 7.74. The number of amides is 1. The third-order valence-electron chi connectivity index (χ3n) is 5.65. The van der Waals surface area contributed by atoms with Crippen LogP contribution in [0.15, 0.2) is 84.4 Å². The monoisotopic (exact) mass is 445 g/mol. The molecule has 0 aromatic heterocycles. The van der Waals surface area contributed by atoms with Gasteiger partial charge in [0.15, 0.2) is 0 Å². The summed E-state index contributed by atoms with van der Waals surface area (Å²) in [6.07, 6.45) is 0.554. The molecule has 0 saturated carbocycles. The van der Waals surface area contributed by atoms with E-state index >= 15 is 0 Å². The number of aliphatic hydroxyl groups excluding tert-OH is 1. The Balaban J connectivity index is 1.76. The van der Waals surface area contributed by atoms with Crippen molar-refractivity contribution in [1.29, 1.82) is 0 Å². The van der Waals surface area contributed by atoms with Gasteiger partial charge < -0.3 is 14.7 Å². The molecule has 1 aliphatic rings. The average molecular weight is 445 g/mol. The highest BCUT2D eigenvalue weighted by Crippen LogP contribution is 2.39. The highest BCUT2D eigenvalue weighted by atomic mass is 19.1. The van der Waals surface area contributed by atoms with Gasteiger partial charge in [0.25, 0.3) is 11.7 Å². The second-order valence-electron chi connectivity index (χ2n) is 7.74. The summed E-state index contributed by atoms with van der Waals surface area (Å²) in [4.78, 5) is 27.6. The van der Waals surface area contributed by atoms with Crippen LogP contribution in [0.2, 0.25) is 0 Å². The number of nitrogens with zero attached hydrogens (tertiary/aromatic N) is 1. The lowest BCUT2D eigenvalue weighted by molar-refractivity contribution is -0.139. The van der Waals surface area contributed by atoms with Crippen LogP contribution in [0.3, 0.4) is 0 Å². The largest absolute Gasteiger partial charge is 0.507 e. The van der Waals surface area contributed by atoms with E-state index in [0.717, 1.165) is 5.56 Å². The summed E-state index contributed by atoms with van der Waals surface area (Å²) in [5.74, 6) is -1.55. The quantitative estimate of drug-likeness (QED) is 0.320. The summed E-state index contributed by atoms with van der Waals surface area (Å²) in [7, 11) is 0. The zero-order valence-electron chi connectivity index (χ0n) is 18.2. The van der Waals surface area contributed by atoms with Crippen molar-refractivity contribution in [2.24, 2.45) is 0 Å². The molecule has 0 radical (unpaired) electrons. The van der Waals surface area contributed by atoms with Crippen LogP contribution < -0.4 is 4.74 Å². The lowest BCUT2D eigenvalue weighted by Gasteiger charge is -2.25. The van der Waals surface area contributed by atoms with E-state index in [4.69, 9.17) is 4.74 Å².